The summed E-state index contributed by atoms with van der Waals surface area (Å²) in [5.74, 6) is -0.579. The van der Waals surface area contributed by atoms with Gasteiger partial charge < -0.3 is 9.15 Å². The van der Waals surface area contributed by atoms with Crippen LogP contribution in [0, 0.1) is 5.82 Å². The van der Waals surface area contributed by atoms with Gasteiger partial charge in [0.15, 0.2) is 0 Å². The molecule has 2 heterocycles. The fraction of sp³-hybridized carbons (Fsp3) is 0.130. The third-order valence-corrected chi connectivity index (χ3v) is 4.81. The van der Waals surface area contributed by atoms with Gasteiger partial charge in [0, 0.05) is 5.56 Å². The number of benzene rings is 2. The van der Waals surface area contributed by atoms with Gasteiger partial charge >= 0.3 is 12.0 Å². The number of esters is 1. The van der Waals surface area contributed by atoms with Crippen molar-refractivity contribution in [1.82, 2.24) is 4.90 Å². The number of furan rings is 1. The molecule has 0 unspecified atom stereocenters. The van der Waals surface area contributed by atoms with Gasteiger partial charge in [0.1, 0.15) is 23.0 Å². The van der Waals surface area contributed by atoms with Crippen LogP contribution >= 0.6 is 0 Å². The SMILES string of the molecule is COC(=O)c1ccccc1-c1ccc(CC2=NC(=O)N(Cc3ccc(F)cc3)C2=O)o1. The summed E-state index contributed by atoms with van der Waals surface area (Å²) in [5.41, 5.74) is 1.56. The first kappa shape index (κ1) is 20.2. The lowest BCUT2D eigenvalue weighted by molar-refractivity contribution is -0.121. The Balaban J connectivity index is 1.50. The second-order valence-electron chi connectivity index (χ2n) is 6.84. The Labute approximate surface area is 176 Å². The second kappa shape index (κ2) is 8.35. The summed E-state index contributed by atoms with van der Waals surface area (Å²) in [6.45, 7) is 0.000849. The summed E-state index contributed by atoms with van der Waals surface area (Å²) < 4.78 is 23.7. The lowest BCUT2D eigenvalue weighted by atomic mass is 10.1. The van der Waals surface area contributed by atoms with Crippen molar-refractivity contribution in [1.29, 1.82) is 0 Å². The van der Waals surface area contributed by atoms with Crippen molar-refractivity contribution in [3.05, 3.63) is 83.4 Å². The molecule has 2 aromatic carbocycles. The number of halogens is 1. The van der Waals surface area contributed by atoms with E-state index in [0.717, 1.165) is 4.90 Å². The van der Waals surface area contributed by atoms with E-state index in [2.05, 4.69) is 4.99 Å². The van der Waals surface area contributed by atoms with Crippen LogP contribution in [0.4, 0.5) is 9.18 Å². The number of urea groups is 1. The Hall–Kier alpha value is -4.07. The van der Waals surface area contributed by atoms with Crippen molar-refractivity contribution < 1.29 is 27.9 Å². The summed E-state index contributed by atoms with van der Waals surface area (Å²) in [4.78, 5) is 41.7. The summed E-state index contributed by atoms with van der Waals surface area (Å²) in [7, 11) is 1.30. The highest BCUT2D eigenvalue weighted by atomic mass is 19.1. The Morgan fingerprint density at radius 2 is 1.81 bits per heavy atom. The molecule has 0 spiro atoms. The molecule has 0 saturated heterocycles. The molecule has 0 saturated carbocycles. The van der Waals surface area contributed by atoms with Crippen LogP contribution in [0.1, 0.15) is 21.7 Å². The summed E-state index contributed by atoms with van der Waals surface area (Å²) in [6.07, 6.45) is 0.0187. The van der Waals surface area contributed by atoms with Crippen LogP contribution in [0.25, 0.3) is 11.3 Å². The van der Waals surface area contributed by atoms with Gasteiger partial charge in [0.25, 0.3) is 5.91 Å². The molecule has 156 valence electrons. The number of ether oxygens (including phenoxy) is 1. The van der Waals surface area contributed by atoms with Crippen LogP contribution in [-0.2, 0) is 22.5 Å². The minimum absolute atomic E-state index is 0.000849. The topological polar surface area (TPSA) is 89.2 Å². The van der Waals surface area contributed by atoms with Gasteiger partial charge in [0.05, 0.1) is 25.6 Å². The predicted octanol–water partition coefficient (Wildman–Crippen LogP) is 4.02. The van der Waals surface area contributed by atoms with E-state index >= 15 is 0 Å². The first-order chi connectivity index (χ1) is 15.0. The molecule has 3 amide bonds. The highest BCUT2D eigenvalue weighted by Crippen LogP contribution is 2.27. The zero-order valence-electron chi connectivity index (χ0n) is 16.5. The van der Waals surface area contributed by atoms with E-state index in [-0.39, 0.29) is 18.7 Å². The Bertz CT molecular complexity index is 1200. The smallest absolute Gasteiger partial charge is 0.351 e. The number of imide groups is 1. The van der Waals surface area contributed by atoms with Crippen LogP contribution in [0.15, 0.2) is 70.1 Å². The molecule has 1 aliphatic heterocycles. The lowest BCUT2D eigenvalue weighted by Gasteiger charge is -2.12. The highest BCUT2D eigenvalue weighted by Gasteiger charge is 2.33. The van der Waals surface area contributed by atoms with Crippen molar-refractivity contribution in [2.75, 3.05) is 7.11 Å². The monoisotopic (exact) mass is 420 g/mol. The Morgan fingerprint density at radius 1 is 1.06 bits per heavy atom. The average molecular weight is 420 g/mol. The minimum Gasteiger partial charge on any atom is -0.465 e. The largest absolute Gasteiger partial charge is 0.465 e. The first-order valence-electron chi connectivity index (χ1n) is 9.40. The van der Waals surface area contributed by atoms with Gasteiger partial charge in [-0.05, 0) is 35.9 Å². The summed E-state index contributed by atoms with van der Waals surface area (Å²) >= 11 is 0. The van der Waals surface area contributed by atoms with Crippen LogP contribution < -0.4 is 0 Å². The summed E-state index contributed by atoms with van der Waals surface area (Å²) in [5, 5.41) is 0. The maximum absolute atomic E-state index is 13.1. The molecule has 0 atom stereocenters. The van der Waals surface area contributed by atoms with Gasteiger partial charge in [-0.25, -0.2) is 14.0 Å². The number of aliphatic imine (C=N–C) groups is 1. The number of amides is 3. The number of carbonyl (C=O) groups is 3. The van der Waals surface area contributed by atoms with Gasteiger partial charge in [-0.2, -0.15) is 4.99 Å². The van der Waals surface area contributed by atoms with E-state index in [0.29, 0.717) is 28.2 Å². The van der Waals surface area contributed by atoms with E-state index < -0.39 is 23.7 Å². The number of methoxy groups -OCH3 is 1. The van der Waals surface area contributed by atoms with Crippen molar-refractivity contribution in [2.24, 2.45) is 4.99 Å². The number of hydrogen-bond acceptors (Lipinski definition) is 5. The molecule has 31 heavy (non-hydrogen) atoms. The molecular formula is C23H17FN2O5. The van der Waals surface area contributed by atoms with E-state index in [9.17, 15) is 18.8 Å². The normalized spacial score (nSPS) is 13.5. The maximum atomic E-state index is 13.1. The Kier molecular flexibility index (Phi) is 5.44. The molecule has 0 bridgehead atoms. The fourth-order valence-corrected chi connectivity index (χ4v) is 3.26. The number of rotatable bonds is 6. The molecule has 1 aliphatic rings. The first-order valence-corrected chi connectivity index (χ1v) is 9.40. The lowest BCUT2D eigenvalue weighted by Crippen LogP contribution is -2.32. The number of hydrogen-bond donors (Lipinski definition) is 0. The standard InChI is InChI=1S/C23H17FN2O5/c1-30-22(28)18-5-3-2-4-17(18)20-11-10-16(31-20)12-19-21(27)26(23(29)25-19)13-14-6-8-15(24)9-7-14/h2-11H,12-13H2,1H3. The third kappa shape index (κ3) is 4.13. The fourth-order valence-electron chi connectivity index (χ4n) is 3.26. The van der Waals surface area contributed by atoms with Gasteiger partial charge in [-0.15, -0.1) is 0 Å². The molecule has 0 fully saturated rings. The van der Waals surface area contributed by atoms with E-state index in [1.165, 1.54) is 31.4 Å². The van der Waals surface area contributed by atoms with Crippen molar-refractivity contribution in [3.63, 3.8) is 0 Å². The van der Waals surface area contributed by atoms with Crippen LogP contribution in [0.2, 0.25) is 0 Å². The molecule has 0 N–H and O–H groups in total. The van der Waals surface area contributed by atoms with E-state index in [1.54, 1.807) is 36.4 Å². The molecule has 0 radical (unpaired) electrons. The number of carbonyl (C=O) groups excluding carboxylic acids is 3. The van der Waals surface area contributed by atoms with Gasteiger partial charge in [0.2, 0.25) is 0 Å². The van der Waals surface area contributed by atoms with E-state index in [4.69, 9.17) is 9.15 Å². The van der Waals surface area contributed by atoms with Crippen LogP contribution in [0.5, 0.6) is 0 Å². The van der Waals surface area contributed by atoms with Crippen molar-refractivity contribution >= 4 is 23.6 Å². The predicted molar refractivity (Wildman–Crippen MR) is 109 cm³/mol. The second-order valence-corrected chi connectivity index (χ2v) is 6.84. The number of nitrogens with zero attached hydrogens (tertiary/aromatic N) is 2. The van der Waals surface area contributed by atoms with Crippen molar-refractivity contribution in [3.8, 4) is 11.3 Å². The molecule has 1 aromatic heterocycles. The maximum Gasteiger partial charge on any atom is 0.351 e. The zero-order valence-corrected chi connectivity index (χ0v) is 16.5. The van der Waals surface area contributed by atoms with Gasteiger partial charge in [-0.3, -0.25) is 9.69 Å². The van der Waals surface area contributed by atoms with E-state index in [1.807, 2.05) is 0 Å². The molecule has 0 aliphatic carbocycles. The molecule has 3 aromatic rings. The molecule has 7 nitrogen and oxygen atoms in total. The van der Waals surface area contributed by atoms with Crippen LogP contribution in [-0.4, -0.2) is 35.6 Å². The zero-order chi connectivity index (χ0) is 22.0. The third-order valence-electron chi connectivity index (χ3n) is 4.81. The quantitative estimate of drug-likeness (QED) is 0.562. The van der Waals surface area contributed by atoms with Crippen molar-refractivity contribution in [2.45, 2.75) is 13.0 Å². The minimum atomic E-state index is -0.674. The molecule has 4 rings (SSSR count). The highest BCUT2D eigenvalue weighted by molar-refractivity contribution is 6.46. The van der Waals surface area contributed by atoms with Crippen LogP contribution in [0.3, 0.4) is 0 Å². The molecular weight excluding hydrogens is 403 g/mol. The Morgan fingerprint density at radius 3 is 2.55 bits per heavy atom. The van der Waals surface area contributed by atoms with Gasteiger partial charge in [-0.1, -0.05) is 30.3 Å². The summed E-state index contributed by atoms with van der Waals surface area (Å²) in [6, 6.07) is 15.0. The average Bonchev–Trinajstić information content (AvgIpc) is 3.35. The molecule has 8 heteroatoms.